The van der Waals surface area contributed by atoms with Gasteiger partial charge in [-0.15, -0.1) is 9.78 Å². The van der Waals surface area contributed by atoms with Crippen LogP contribution in [0.2, 0.25) is 0 Å². The van der Waals surface area contributed by atoms with Gasteiger partial charge < -0.3 is 4.74 Å². The van der Waals surface area contributed by atoms with Gasteiger partial charge in [0.05, 0.1) is 12.5 Å². The van der Waals surface area contributed by atoms with E-state index >= 15 is 0 Å². The normalized spacial score (nSPS) is 14.8. The molecule has 0 fully saturated rings. The Balaban J connectivity index is 4.48. The maximum absolute atomic E-state index is 11.8. The van der Waals surface area contributed by atoms with E-state index in [1.54, 1.807) is 13.8 Å². The van der Waals surface area contributed by atoms with Gasteiger partial charge in [-0.1, -0.05) is 60.8 Å². The molecule has 0 radical (unpaired) electrons. The van der Waals surface area contributed by atoms with E-state index in [4.69, 9.17) is 24.3 Å². The van der Waals surface area contributed by atoms with Gasteiger partial charge in [-0.05, 0) is 25.2 Å². The Labute approximate surface area is 157 Å². The van der Waals surface area contributed by atoms with Crippen LogP contribution in [-0.2, 0) is 29.1 Å². The third kappa shape index (κ3) is 11.3. The molecule has 2 unspecified atom stereocenters. The number of unbranched alkanes of at least 4 members (excludes halogenated alkanes) is 1. The maximum atomic E-state index is 11.8. The van der Waals surface area contributed by atoms with Gasteiger partial charge in [-0.3, -0.25) is 9.78 Å². The lowest BCUT2D eigenvalue weighted by molar-refractivity contribution is -0.479. The second kappa shape index (κ2) is 12.9. The van der Waals surface area contributed by atoms with Gasteiger partial charge in [0.1, 0.15) is 0 Å². The van der Waals surface area contributed by atoms with Crippen molar-refractivity contribution in [1.82, 2.24) is 0 Å². The fourth-order valence-corrected chi connectivity index (χ4v) is 2.28. The molecule has 0 heterocycles. The summed E-state index contributed by atoms with van der Waals surface area (Å²) in [5, 5.41) is 0. The van der Waals surface area contributed by atoms with E-state index in [2.05, 4.69) is 13.8 Å². The first kappa shape index (κ1) is 24.7. The fraction of sp³-hybridized carbons (Fsp3) is 0.895. The lowest BCUT2D eigenvalue weighted by Crippen LogP contribution is -2.36. The molecule has 7 nitrogen and oxygen atoms in total. The summed E-state index contributed by atoms with van der Waals surface area (Å²) in [6.45, 7) is 13.2. The van der Waals surface area contributed by atoms with Gasteiger partial charge in [-0.25, -0.2) is 9.59 Å². The van der Waals surface area contributed by atoms with E-state index in [1.165, 1.54) is 6.92 Å². The zero-order valence-electron chi connectivity index (χ0n) is 17.3. The van der Waals surface area contributed by atoms with Crippen molar-refractivity contribution in [3.63, 3.8) is 0 Å². The van der Waals surface area contributed by atoms with Crippen LogP contribution in [0.25, 0.3) is 0 Å². The van der Waals surface area contributed by atoms with Crippen LogP contribution in [0.3, 0.4) is 0 Å². The van der Waals surface area contributed by atoms with Crippen LogP contribution in [0.5, 0.6) is 0 Å². The van der Waals surface area contributed by atoms with E-state index in [1.807, 2.05) is 13.8 Å². The number of rotatable bonds is 13. The van der Waals surface area contributed by atoms with Crippen molar-refractivity contribution in [2.75, 3.05) is 6.61 Å². The number of carbonyl (C=O) groups excluding carboxylic acids is 2. The molecule has 0 aliphatic carbocycles. The van der Waals surface area contributed by atoms with Crippen molar-refractivity contribution < 1.29 is 33.9 Å². The summed E-state index contributed by atoms with van der Waals surface area (Å²) in [7, 11) is 0. The molecule has 0 aromatic rings. The highest BCUT2D eigenvalue weighted by atomic mass is 17.3. The molecule has 0 rings (SSSR count). The molecule has 0 aliphatic heterocycles. The Bertz CT molecular complexity index is 409. The SMILES string of the molecule is CCCCC(CC)COC(=O)OOC(C)(CC(C)C)OOC(=O)C(C)C. The third-order valence-corrected chi connectivity index (χ3v) is 3.82. The van der Waals surface area contributed by atoms with Crippen molar-refractivity contribution in [3.8, 4) is 0 Å². The van der Waals surface area contributed by atoms with Gasteiger partial charge in [0.15, 0.2) is 0 Å². The minimum atomic E-state index is -1.41. The van der Waals surface area contributed by atoms with E-state index in [-0.39, 0.29) is 18.4 Å². The standard InChI is InChI=1S/C19H36O7/c1-8-10-11-16(9-2)13-22-18(21)24-26-19(7,12-14(3)4)25-23-17(20)15(5)6/h14-16H,8-13H2,1-7H3. The van der Waals surface area contributed by atoms with Crippen LogP contribution in [0.1, 0.15) is 80.6 Å². The zero-order chi connectivity index (χ0) is 20.2. The largest absolute Gasteiger partial charge is 0.540 e. The third-order valence-electron chi connectivity index (χ3n) is 3.82. The molecule has 0 bridgehead atoms. The highest BCUT2D eigenvalue weighted by Crippen LogP contribution is 2.24. The molecule has 0 saturated carbocycles. The van der Waals surface area contributed by atoms with Gasteiger partial charge in [0, 0.05) is 6.42 Å². The van der Waals surface area contributed by atoms with Gasteiger partial charge in [0.2, 0.25) is 0 Å². The zero-order valence-corrected chi connectivity index (χ0v) is 17.3. The molecule has 0 spiro atoms. The molecule has 154 valence electrons. The molecule has 0 saturated heterocycles. The summed E-state index contributed by atoms with van der Waals surface area (Å²) in [6, 6.07) is 0. The van der Waals surface area contributed by atoms with Gasteiger partial charge in [0.25, 0.3) is 5.79 Å². The Hall–Kier alpha value is -1.34. The van der Waals surface area contributed by atoms with E-state index in [9.17, 15) is 9.59 Å². The van der Waals surface area contributed by atoms with Crippen LogP contribution in [0, 0.1) is 17.8 Å². The monoisotopic (exact) mass is 376 g/mol. The van der Waals surface area contributed by atoms with Gasteiger partial charge >= 0.3 is 12.1 Å². The van der Waals surface area contributed by atoms with Crippen molar-refractivity contribution in [2.24, 2.45) is 17.8 Å². The van der Waals surface area contributed by atoms with Crippen LogP contribution >= 0.6 is 0 Å². The van der Waals surface area contributed by atoms with Crippen molar-refractivity contribution in [2.45, 2.75) is 86.4 Å². The van der Waals surface area contributed by atoms with Crippen LogP contribution in [0.15, 0.2) is 0 Å². The van der Waals surface area contributed by atoms with Gasteiger partial charge in [-0.2, -0.15) is 0 Å². The summed E-state index contributed by atoms with van der Waals surface area (Å²) in [6.07, 6.45) is 3.53. The Morgan fingerprint density at radius 3 is 2.12 bits per heavy atom. The number of ether oxygens (including phenoxy) is 1. The Kier molecular flexibility index (Phi) is 12.3. The smallest absolute Gasteiger partial charge is 0.432 e. The van der Waals surface area contributed by atoms with Crippen molar-refractivity contribution >= 4 is 12.1 Å². The van der Waals surface area contributed by atoms with E-state index in [0.29, 0.717) is 12.3 Å². The molecule has 0 N–H and O–H groups in total. The first-order chi connectivity index (χ1) is 12.1. The molecule has 26 heavy (non-hydrogen) atoms. The number of carbonyl (C=O) groups is 2. The second-order valence-electron chi connectivity index (χ2n) is 7.52. The minimum Gasteiger partial charge on any atom is -0.432 e. The molecule has 2 atom stereocenters. The number of hydrogen-bond acceptors (Lipinski definition) is 7. The highest BCUT2D eigenvalue weighted by Gasteiger charge is 2.34. The summed E-state index contributed by atoms with van der Waals surface area (Å²) >= 11 is 0. The second-order valence-corrected chi connectivity index (χ2v) is 7.52. The molecule has 0 aromatic heterocycles. The van der Waals surface area contributed by atoms with Crippen molar-refractivity contribution in [3.05, 3.63) is 0 Å². The maximum Gasteiger partial charge on any atom is 0.540 e. The van der Waals surface area contributed by atoms with E-state index < -0.39 is 17.9 Å². The molecule has 0 amide bonds. The molecule has 7 heteroatoms. The fourth-order valence-electron chi connectivity index (χ4n) is 2.28. The van der Waals surface area contributed by atoms with Crippen molar-refractivity contribution in [1.29, 1.82) is 0 Å². The lowest BCUT2D eigenvalue weighted by Gasteiger charge is -2.27. The minimum absolute atomic E-state index is 0.149. The first-order valence-electron chi connectivity index (χ1n) is 9.55. The lowest BCUT2D eigenvalue weighted by atomic mass is 10.0. The summed E-state index contributed by atoms with van der Waals surface area (Å²) in [5.74, 6) is -1.85. The summed E-state index contributed by atoms with van der Waals surface area (Å²) in [5.41, 5.74) is 0. The Morgan fingerprint density at radius 1 is 1.00 bits per heavy atom. The number of hydrogen-bond donors (Lipinski definition) is 0. The first-order valence-corrected chi connectivity index (χ1v) is 9.55. The predicted octanol–water partition coefficient (Wildman–Crippen LogP) is 5.18. The quantitative estimate of drug-likeness (QED) is 0.190. The molecular weight excluding hydrogens is 340 g/mol. The predicted molar refractivity (Wildman–Crippen MR) is 96.7 cm³/mol. The average molecular weight is 376 g/mol. The van der Waals surface area contributed by atoms with Crippen LogP contribution in [0.4, 0.5) is 4.79 Å². The van der Waals surface area contributed by atoms with Crippen LogP contribution in [-0.4, -0.2) is 24.5 Å². The highest BCUT2D eigenvalue weighted by molar-refractivity contribution is 5.70. The van der Waals surface area contributed by atoms with E-state index in [0.717, 1.165) is 25.7 Å². The topological polar surface area (TPSA) is 80.3 Å². The Morgan fingerprint density at radius 2 is 1.62 bits per heavy atom. The molecule has 0 aromatic carbocycles. The average Bonchev–Trinajstić information content (AvgIpc) is 2.57. The molecule has 0 aliphatic rings. The summed E-state index contributed by atoms with van der Waals surface area (Å²) in [4.78, 5) is 43.1. The van der Waals surface area contributed by atoms with Crippen LogP contribution < -0.4 is 0 Å². The summed E-state index contributed by atoms with van der Waals surface area (Å²) < 4.78 is 5.11. The molecular formula is C19H36O7.